The van der Waals surface area contributed by atoms with E-state index in [1.165, 1.54) is 12.7 Å². The Kier molecular flexibility index (Phi) is 6.76. The molecule has 0 saturated carbocycles. The van der Waals surface area contributed by atoms with Crippen LogP contribution in [0.2, 0.25) is 0 Å². The molecule has 143 valence electrons. The van der Waals surface area contributed by atoms with Crippen molar-refractivity contribution < 1.29 is 0 Å². The summed E-state index contributed by atoms with van der Waals surface area (Å²) in [5.41, 5.74) is 2.76. The van der Waals surface area contributed by atoms with Gasteiger partial charge in [0.2, 0.25) is 7.59 Å². The van der Waals surface area contributed by atoms with Gasteiger partial charge in [0.15, 0.2) is 5.82 Å². The zero-order valence-corrected chi connectivity index (χ0v) is 18.4. The summed E-state index contributed by atoms with van der Waals surface area (Å²) < 4.78 is -3.40. The minimum Gasteiger partial charge on any atom is -0.225 e. The van der Waals surface area contributed by atoms with Crippen molar-refractivity contribution in [3.8, 4) is 0 Å². The highest BCUT2D eigenvalue weighted by molar-refractivity contribution is 6.67. The standard InChI is InChI=1S/C19H10Cl6N3/c20-18(21,22)14-7-6-13(16(9-14)19(23,24)25)8-15(12-4-2-1-3-5-12)17-27-10-26-11-28-17/h1-4,6-11H. The molecule has 1 radical (unpaired) electrons. The van der Waals surface area contributed by atoms with E-state index in [1.54, 1.807) is 30.3 Å². The summed E-state index contributed by atoms with van der Waals surface area (Å²) in [4.78, 5) is 12.3. The van der Waals surface area contributed by atoms with Gasteiger partial charge in [-0.15, -0.1) is 0 Å². The molecule has 0 bridgehead atoms. The maximum absolute atomic E-state index is 6.18. The van der Waals surface area contributed by atoms with Gasteiger partial charge in [0.05, 0.1) is 0 Å². The number of halogens is 6. The van der Waals surface area contributed by atoms with Crippen molar-refractivity contribution in [2.45, 2.75) is 7.59 Å². The SMILES string of the molecule is ClC(Cl)(Cl)c1ccc(C=C(c2[c]cccc2)c2ncncn2)c(C(Cl)(Cl)Cl)c1. The topological polar surface area (TPSA) is 38.7 Å². The van der Waals surface area contributed by atoms with E-state index in [-0.39, 0.29) is 0 Å². The first-order valence-electron chi connectivity index (χ1n) is 7.76. The predicted molar refractivity (Wildman–Crippen MR) is 117 cm³/mol. The molecule has 1 aromatic heterocycles. The summed E-state index contributed by atoms with van der Waals surface area (Å²) in [6.45, 7) is 0. The second-order valence-corrected chi connectivity index (χ2v) is 10.2. The maximum atomic E-state index is 6.18. The Bertz CT molecular complexity index is 939. The van der Waals surface area contributed by atoms with Crippen molar-refractivity contribution in [1.82, 2.24) is 15.0 Å². The molecule has 0 N–H and O–H groups in total. The highest BCUT2D eigenvalue weighted by Gasteiger charge is 2.30. The highest BCUT2D eigenvalue weighted by Crippen LogP contribution is 2.45. The lowest BCUT2D eigenvalue weighted by Crippen LogP contribution is -2.08. The van der Waals surface area contributed by atoms with Crippen LogP contribution in [-0.4, -0.2) is 15.0 Å². The van der Waals surface area contributed by atoms with E-state index < -0.39 is 7.59 Å². The van der Waals surface area contributed by atoms with Gasteiger partial charge in [0, 0.05) is 16.7 Å². The Hall–Kier alpha value is -1.07. The highest BCUT2D eigenvalue weighted by atomic mass is 35.6. The smallest absolute Gasteiger partial charge is 0.216 e. The first-order valence-corrected chi connectivity index (χ1v) is 10.0. The van der Waals surface area contributed by atoms with E-state index in [0.717, 1.165) is 5.56 Å². The van der Waals surface area contributed by atoms with Crippen LogP contribution in [0.1, 0.15) is 28.1 Å². The van der Waals surface area contributed by atoms with E-state index in [0.29, 0.717) is 28.1 Å². The first kappa shape index (κ1) is 21.6. The van der Waals surface area contributed by atoms with Gasteiger partial charge in [-0.2, -0.15) is 0 Å². The summed E-state index contributed by atoms with van der Waals surface area (Å²) in [7, 11) is 0. The fraction of sp³-hybridized carbons (Fsp3) is 0.105. The van der Waals surface area contributed by atoms with Crippen molar-refractivity contribution >= 4 is 81.3 Å². The Morgan fingerprint density at radius 2 is 1.61 bits per heavy atom. The zero-order chi connectivity index (χ0) is 20.4. The quantitative estimate of drug-likeness (QED) is 0.294. The van der Waals surface area contributed by atoms with Crippen molar-refractivity contribution in [2.75, 3.05) is 0 Å². The summed E-state index contributed by atoms with van der Waals surface area (Å²) in [5.74, 6) is 0.443. The average Bonchev–Trinajstić information content (AvgIpc) is 2.66. The lowest BCUT2D eigenvalue weighted by atomic mass is 9.98. The molecule has 0 aliphatic carbocycles. The van der Waals surface area contributed by atoms with Crippen LogP contribution in [-0.2, 0) is 7.59 Å². The van der Waals surface area contributed by atoms with Crippen LogP contribution in [0.3, 0.4) is 0 Å². The van der Waals surface area contributed by atoms with Crippen LogP contribution >= 0.6 is 69.6 Å². The molecule has 0 fully saturated rings. The molecule has 3 aromatic rings. The Morgan fingerprint density at radius 1 is 0.893 bits per heavy atom. The lowest BCUT2D eigenvalue weighted by molar-refractivity contribution is 1.02. The number of benzene rings is 2. The summed E-state index contributed by atoms with van der Waals surface area (Å²) in [6.07, 6.45) is 4.60. The number of nitrogens with zero attached hydrogens (tertiary/aromatic N) is 3. The Labute approximate surface area is 192 Å². The van der Waals surface area contributed by atoms with Gasteiger partial charge in [0.25, 0.3) is 0 Å². The number of rotatable bonds is 3. The van der Waals surface area contributed by atoms with Crippen molar-refractivity contribution in [1.29, 1.82) is 0 Å². The molecule has 9 heteroatoms. The predicted octanol–water partition coefficient (Wildman–Crippen LogP) is 6.91. The first-order chi connectivity index (χ1) is 13.2. The second-order valence-electron chi connectivity index (χ2n) is 5.59. The number of alkyl halides is 6. The molecule has 2 aromatic carbocycles. The Morgan fingerprint density at radius 3 is 2.18 bits per heavy atom. The van der Waals surface area contributed by atoms with Crippen LogP contribution in [0.15, 0.2) is 55.1 Å². The van der Waals surface area contributed by atoms with Crippen LogP contribution in [0.5, 0.6) is 0 Å². The van der Waals surface area contributed by atoms with Crippen LogP contribution in [0, 0.1) is 6.07 Å². The van der Waals surface area contributed by atoms with Gasteiger partial charge in [-0.3, -0.25) is 0 Å². The summed E-state index contributed by atoms with van der Waals surface area (Å²) in [6, 6.07) is 15.5. The molecule has 0 unspecified atom stereocenters. The lowest BCUT2D eigenvalue weighted by Gasteiger charge is -2.19. The fourth-order valence-corrected chi connectivity index (χ4v) is 3.31. The summed E-state index contributed by atoms with van der Waals surface area (Å²) >= 11 is 36.5. The molecule has 0 spiro atoms. The molecule has 0 amide bonds. The van der Waals surface area contributed by atoms with E-state index in [9.17, 15) is 0 Å². The molecular weight excluding hydrogens is 483 g/mol. The van der Waals surface area contributed by atoms with Gasteiger partial charge < -0.3 is 0 Å². The third-order valence-electron chi connectivity index (χ3n) is 3.72. The van der Waals surface area contributed by atoms with Gasteiger partial charge >= 0.3 is 0 Å². The third kappa shape index (κ3) is 5.29. The molecule has 0 saturated heterocycles. The molecule has 3 rings (SSSR count). The normalized spacial score (nSPS) is 12.9. The van der Waals surface area contributed by atoms with Crippen LogP contribution in [0.25, 0.3) is 11.6 Å². The van der Waals surface area contributed by atoms with Crippen molar-refractivity contribution in [3.05, 3.63) is 89.3 Å². The van der Waals surface area contributed by atoms with E-state index in [4.69, 9.17) is 69.6 Å². The molecular formula is C19H10Cl6N3. The molecule has 0 aliphatic heterocycles. The van der Waals surface area contributed by atoms with Crippen molar-refractivity contribution in [3.63, 3.8) is 0 Å². The minimum absolute atomic E-state index is 0.351. The number of hydrogen-bond acceptors (Lipinski definition) is 3. The van der Waals surface area contributed by atoms with E-state index in [2.05, 4.69) is 21.0 Å². The molecule has 28 heavy (non-hydrogen) atoms. The number of hydrogen-bond donors (Lipinski definition) is 0. The maximum Gasteiger partial charge on any atom is 0.216 e. The molecule has 0 atom stereocenters. The van der Waals surface area contributed by atoms with E-state index >= 15 is 0 Å². The third-order valence-corrected chi connectivity index (χ3v) is 4.98. The van der Waals surface area contributed by atoms with Crippen LogP contribution in [0.4, 0.5) is 0 Å². The molecule has 1 heterocycles. The second kappa shape index (κ2) is 8.74. The molecule has 3 nitrogen and oxygen atoms in total. The molecule has 0 aliphatic rings. The average molecular weight is 493 g/mol. The summed E-state index contributed by atoms with van der Waals surface area (Å²) in [5, 5.41) is 0. The van der Waals surface area contributed by atoms with E-state index in [1.807, 2.05) is 18.2 Å². The minimum atomic E-state index is -1.75. The van der Waals surface area contributed by atoms with Crippen LogP contribution < -0.4 is 0 Å². The fourth-order valence-electron chi connectivity index (χ4n) is 2.46. The van der Waals surface area contributed by atoms with Gasteiger partial charge in [-0.1, -0.05) is 106 Å². The van der Waals surface area contributed by atoms with Gasteiger partial charge in [-0.05, 0) is 29.3 Å². The number of aromatic nitrogens is 3. The van der Waals surface area contributed by atoms with Gasteiger partial charge in [-0.25, -0.2) is 15.0 Å². The van der Waals surface area contributed by atoms with Crippen molar-refractivity contribution in [2.24, 2.45) is 0 Å². The largest absolute Gasteiger partial charge is 0.225 e. The Balaban J connectivity index is 2.23. The monoisotopic (exact) mass is 490 g/mol. The zero-order valence-electron chi connectivity index (χ0n) is 13.9. The van der Waals surface area contributed by atoms with Gasteiger partial charge in [0.1, 0.15) is 12.7 Å².